The molecule has 1 aromatic carbocycles. The fourth-order valence-electron chi connectivity index (χ4n) is 3.24. The number of rotatable bonds is 7. The summed E-state index contributed by atoms with van der Waals surface area (Å²) in [5.41, 5.74) is 1.59. The van der Waals surface area contributed by atoms with Crippen LogP contribution >= 0.6 is 0 Å². The number of amides is 1. The van der Waals surface area contributed by atoms with Gasteiger partial charge >= 0.3 is 0 Å². The molecule has 1 saturated heterocycles. The van der Waals surface area contributed by atoms with Gasteiger partial charge in [0.1, 0.15) is 0 Å². The Hall–Kier alpha value is -2.18. The number of aromatic nitrogens is 1. The van der Waals surface area contributed by atoms with Crippen molar-refractivity contribution in [1.82, 2.24) is 15.0 Å². The van der Waals surface area contributed by atoms with E-state index in [1.54, 1.807) is 18.0 Å². The molecular formula is C20H27N3O3. The predicted molar refractivity (Wildman–Crippen MR) is 98.7 cm³/mol. The minimum Gasteiger partial charge on any atom is -0.376 e. The van der Waals surface area contributed by atoms with Gasteiger partial charge in [0.2, 0.25) is 0 Å². The molecule has 3 rings (SSSR count). The molecule has 0 spiro atoms. The van der Waals surface area contributed by atoms with Crippen LogP contribution in [0.4, 0.5) is 0 Å². The van der Waals surface area contributed by atoms with Gasteiger partial charge in [-0.1, -0.05) is 35.5 Å². The Kier molecular flexibility index (Phi) is 6.41. The lowest BCUT2D eigenvalue weighted by atomic mass is 10.1. The molecule has 0 bridgehead atoms. The van der Waals surface area contributed by atoms with E-state index in [2.05, 4.69) is 22.2 Å². The maximum absolute atomic E-state index is 12.5. The van der Waals surface area contributed by atoms with Crippen LogP contribution in [0.2, 0.25) is 0 Å². The van der Waals surface area contributed by atoms with Crippen LogP contribution < -0.4 is 0 Å². The molecule has 1 amide bonds. The van der Waals surface area contributed by atoms with E-state index in [0.717, 1.165) is 32.4 Å². The average Bonchev–Trinajstić information content (AvgIpc) is 3.11. The number of hydrogen-bond donors (Lipinski definition) is 0. The zero-order valence-electron chi connectivity index (χ0n) is 15.6. The van der Waals surface area contributed by atoms with Gasteiger partial charge in [-0.3, -0.25) is 9.69 Å². The Morgan fingerprint density at radius 1 is 1.19 bits per heavy atom. The Morgan fingerprint density at radius 3 is 2.73 bits per heavy atom. The first kappa shape index (κ1) is 18.6. The van der Waals surface area contributed by atoms with Crippen molar-refractivity contribution in [2.24, 2.45) is 0 Å². The number of nitrogens with zero attached hydrogens (tertiary/aromatic N) is 3. The quantitative estimate of drug-likeness (QED) is 0.762. The van der Waals surface area contributed by atoms with Gasteiger partial charge in [-0.15, -0.1) is 0 Å². The van der Waals surface area contributed by atoms with Crippen LogP contribution in [0, 0.1) is 0 Å². The molecule has 0 N–H and O–H groups in total. The van der Waals surface area contributed by atoms with Gasteiger partial charge < -0.3 is 14.2 Å². The van der Waals surface area contributed by atoms with Crippen molar-refractivity contribution in [3.8, 4) is 0 Å². The van der Waals surface area contributed by atoms with Gasteiger partial charge in [0, 0.05) is 32.8 Å². The molecule has 2 aromatic rings. The van der Waals surface area contributed by atoms with Crippen molar-refractivity contribution in [3.05, 3.63) is 53.4 Å². The molecule has 6 nitrogen and oxygen atoms in total. The predicted octanol–water partition coefficient (Wildman–Crippen LogP) is 2.95. The molecule has 1 fully saturated rings. The molecule has 1 aliphatic rings. The minimum atomic E-state index is -0.125. The molecule has 0 unspecified atom stereocenters. The molecule has 26 heavy (non-hydrogen) atoms. The molecule has 6 heteroatoms. The third-order valence-electron chi connectivity index (χ3n) is 4.60. The summed E-state index contributed by atoms with van der Waals surface area (Å²) in [4.78, 5) is 16.3. The zero-order chi connectivity index (χ0) is 18.4. The van der Waals surface area contributed by atoms with Gasteiger partial charge in [-0.05, 0) is 31.9 Å². The Balaban J connectivity index is 1.52. The number of benzene rings is 1. The highest BCUT2D eigenvalue weighted by atomic mass is 16.5. The summed E-state index contributed by atoms with van der Waals surface area (Å²) in [5.74, 6) is 0.564. The number of ether oxygens (including phenoxy) is 1. The zero-order valence-corrected chi connectivity index (χ0v) is 15.6. The van der Waals surface area contributed by atoms with E-state index in [4.69, 9.17) is 9.26 Å². The van der Waals surface area contributed by atoms with E-state index < -0.39 is 0 Å². The number of hydrogen-bond acceptors (Lipinski definition) is 5. The van der Waals surface area contributed by atoms with Crippen LogP contribution in [-0.2, 0) is 17.8 Å². The first-order valence-corrected chi connectivity index (χ1v) is 9.17. The summed E-state index contributed by atoms with van der Waals surface area (Å²) in [6.45, 7) is 2.79. The summed E-state index contributed by atoms with van der Waals surface area (Å²) in [5, 5.41) is 3.96. The smallest absolute Gasteiger partial charge is 0.275 e. The normalized spacial score (nSPS) is 17.4. The van der Waals surface area contributed by atoms with Crippen LogP contribution in [0.5, 0.6) is 0 Å². The highest BCUT2D eigenvalue weighted by Gasteiger charge is 2.22. The summed E-state index contributed by atoms with van der Waals surface area (Å²) in [7, 11) is 3.81. The molecule has 2 heterocycles. The first-order valence-electron chi connectivity index (χ1n) is 9.17. The molecule has 0 saturated carbocycles. The largest absolute Gasteiger partial charge is 0.376 e. The summed E-state index contributed by atoms with van der Waals surface area (Å²) < 4.78 is 11.1. The van der Waals surface area contributed by atoms with Crippen molar-refractivity contribution < 1.29 is 14.1 Å². The highest BCUT2D eigenvalue weighted by molar-refractivity contribution is 5.92. The minimum absolute atomic E-state index is 0.125. The monoisotopic (exact) mass is 357 g/mol. The van der Waals surface area contributed by atoms with Gasteiger partial charge in [0.15, 0.2) is 11.5 Å². The molecule has 1 atom stereocenters. The van der Waals surface area contributed by atoms with Crippen LogP contribution in [0.3, 0.4) is 0 Å². The van der Waals surface area contributed by atoms with Crippen molar-refractivity contribution in [3.63, 3.8) is 0 Å². The molecule has 0 radical (unpaired) electrons. The van der Waals surface area contributed by atoms with Crippen molar-refractivity contribution in [2.75, 3.05) is 27.2 Å². The van der Waals surface area contributed by atoms with E-state index in [0.29, 0.717) is 24.5 Å². The molecule has 140 valence electrons. The van der Waals surface area contributed by atoms with Gasteiger partial charge in [-0.25, -0.2) is 0 Å². The number of likely N-dealkylation sites (N-methyl/N-ethyl adjacent to an activating group) is 1. The topological polar surface area (TPSA) is 58.8 Å². The first-order chi connectivity index (χ1) is 12.6. The lowest BCUT2D eigenvalue weighted by Crippen LogP contribution is -2.37. The van der Waals surface area contributed by atoms with E-state index >= 15 is 0 Å². The highest BCUT2D eigenvalue weighted by Crippen LogP contribution is 2.15. The fourth-order valence-corrected chi connectivity index (χ4v) is 3.24. The van der Waals surface area contributed by atoms with E-state index in [9.17, 15) is 4.79 Å². The average molecular weight is 357 g/mol. The van der Waals surface area contributed by atoms with Crippen LogP contribution in [0.25, 0.3) is 0 Å². The lowest BCUT2D eigenvalue weighted by molar-refractivity contribution is -0.000359. The third-order valence-corrected chi connectivity index (χ3v) is 4.60. The standard InChI is InChI=1S/C20H27N3O3/c1-22(13-16-8-4-3-5-9-16)14-18-12-19(21-26-18)20(24)23(2)15-17-10-6-7-11-25-17/h3-5,8-9,12,17H,6-7,10-11,13-15H2,1-2H3/t17-/m0/s1. The van der Waals surface area contributed by atoms with Gasteiger partial charge in [-0.2, -0.15) is 0 Å². The molecule has 1 aromatic heterocycles. The lowest BCUT2D eigenvalue weighted by Gasteiger charge is -2.26. The summed E-state index contributed by atoms with van der Waals surface area (Å²) in [6, 6.07) is 12.0. The number of carbonyl (C=O) groups excluding carboxylic acids is 1. The van der Waals surface area contributed by atoms with E-state index in [1.165, 1.54) is 5.56 Å². The fraction of sp³-hybridized carbons (Fsp3) is 0.500. The Morgan fingerprint density at radius 2 is 2.00 bits per heavy atom. The third kappa shape index (κ3) is 5.16. The van der Waals surface area contributed by atoms with Gasteiger partial charge in [0.25, 0.3) is 5.91 Å². The SMILES string of the molecule is CN(Cc1ccccc1)Cc1cc(C(=O)N(C)C[C@@H]2CCCCO2)no1. The van der Waals surface area contributed by atoms with Crippen molar-refractivity contribution in [1.29, 1.82) is 0 Å². The van der Waals surface area contributed by atoms with Gasteiger partial charge in [0.05, 0.1) is 12.6 Å². The Labute approximate surface area is 154 Å². The second kappa shape index (κ2) is 8.96. The maximum atomic E-state index is 12.5. The molecule has 1 aliphatic heterocycles. The summed E-state index contributed by atoms with van der Waals surface area (Å²) in [6.07, 6.45) is 3.40. The van der Waals surface area contributed by atoms with Crippen molar-refractivity contribution >= 4 is 5.91 Å². The van der Waals surface area contributed by atoms with Crippen LogP contribution in [0.15, 0.2) is 40.9 Å². The second-order valence-corrected chi connectivity index (χ2v) is 7.01. The molecular weight excluding hydrogens is 330 g/mol. The van der Waals surface area contributed by atoms with Crippen LogP contribution in [0.1, 0.15) is 41.1 Å². The Bertz CT molecular complexity index is 695. The van der Waals surface area contributed by atoms with E-state index in [-0.39, 0.29) is 12.0 Å². The maximum Gasteiger partial charge on any atom is 0.275 e. The second-order valence-electron chi connectivity index (χ2n) is 7.01. The van der Waals surface area contributed by atoms with Crippen molar-refractivity contribution in [2.45, 2.75) is 38.5 Å². The molecule has 0 aliphatic carbocycles. The van der Waals surface area contributed by atoms with Crippen LogP contribution in [-0.4, -0.2) is 54.2 Å². The van der Waals surface area contributed by atoms with E-state index in [1.807, 2.05) is 25.2 Å². The summed E-state index contributed by atoms with van der Waals surface area (Å²) >= 11 is 0. The number of carbonyl (C=O) groups is 1.